The number of hydrogen-bond acceptors (Lipinski definition) is 0. The van der Waals surface area contributed by atoms with Gasteiger partial charge in [-0.1, -0.05) is 142 Å². The molecule has 2 atom stereocenters. The van der Waals surface area contributed by atoms with E-state index in [0.717, 1.165) is 0 Å². The molecule has 0 nitrogen and oxygen atoms in total. The van der Waals surface area contributed by atoms with Gasteiger partial charge in [-0.25, -0.2) is 0 Å². The van der Waals surface area contributed by atoms with E-state index < -0.39 is 0 Å². The number of benzene rings is 4. The van der Waals surface area contributed by atoms with Crippen LogP contribution in [0.5, 0.6) is 0 Å². The monoisotopic (exact) mass is 578 g/mol. The van der Waals surface area contributed by atoms with Gasteiger partial charge in [-0.05, 0) is 109 Å². The highest BCUT2D eigenvalue weighted by Crippen LogP contribution is 2.75. The molecule has 4 aliphatic rings. The molecule has 44 heavy (non-hydrogen) atoms. The van der Waals surface area contributed by atoms with Gasteiger partial charge >= 0.3 is 0 Å². The Bertz CT molecular complexity index is 1900. The van der Waals surface area contributed by atoms with Crippen LogP contribution < -0.4 is 0 Å². The van der Waals surface area contributed by atoms with Gasteiger partial charge in [0.25, 0.3) is 0 Å². The standard InChI is InChI=1S/C44H50/c1-23(2)34-36(24(3)4)44(37(34)25(5)6)33-21-20-31-39(35(33)30-19-17-27-22-26(7)16-18-28(27)38(30)44)43(10,11)40-29-14-12-13-15-32(29)42(8,9)41(31)40/h12-25,34,36-37H,1-11H3. The van der Waals surface area contributed by atoms with Crippen molar-refractivity contribution in [3.63, 3.8) is 0 Å². The second-order valence-electron chi connectivity index (χ2n) is 16.9. The molecule has 0 aliphatic heterocycles. The minimum absolute atomic E-state index is 0.0111. The topological polar surface area (TPSA) is 0 Å². The number of aryl methyl sites for hydroxylation is 1. The maximum atomic E-state index is 2.63. The van der Waals surface area contributed by atoms with Crippen molar-refractivity contribution >= 4 is 21.9 Å². The van der Waals surface area contributed by atoms with Crippen molar-refractivity contribution in [3.8, 4) is 11.1 Å². The van der Waals surface area contributed by atoms with Crippen molar-refractivity contribution in [1.82, 2.24) is 0 Å². The van der Waals surface area contributed by atoms with Gasteiger partial charge in [-0.2, -0.15) is 0 Å². The van der Waals surface area contributed by atoms with Crippen LogP contribution in [-0.2, 0) is 16.2 Å². The van der Waals surface area contributed by atoms with Crippen molar-refractivity contribution < 1.29 is 0 Å². The van der Waals surface area contributed by atoms with Crippen LogP contribution in [0.25, 0.3) is 33.0 Å². The quantitative estimate of drug-likeness (QED) is 0.227. The van der Waals surface area contributed by atoms with Crippen LogP contribution in [0, 0.1) is 42.4 Å². The molecule has 226 valence electrons. The SMILES string of the molecule is Cc1ccc2c3c(ccc2c1)-c1c(ccc2c1C(C)(C)C1=C2C(C)(C)c2ccccc21)C31C(C(C)C)C(C(C)C)C1C(C)C. The predicted octanol–water partition coefficient (Wildman–Crippen LogP) is 11.7. The van der Waals surface area contributed by atoms with Crippen LogP contribution in [0.2, 0.25) is 0 Å². The lowest BCUT2D eigenvalue weighted by atomic mass is 9.37. The Morgan fingerprint density at radius 2 is 1.20 bits per heavy atom. The number of hydrogen-bond donors (Lipinski definition) is 0. The lowest BCUT2D eigenvalue weighted by Gasteiger charge is -2.66. The zero-order chi connectivity index (χ0) is 31.2. The first-order valence-corrected chi connectivity index (χ1v) is 17.3. The van der Waals surface area contributed by atoms with Gasteiger partial charge in [0.2, 0.25) is 0 Å². The van der Waals surface area contributed by atoms with Gasteiger partial charge < -0.3 is 0 Å². The summed E-state index contributed by atoms with van der Waals surface area (Å²) in [5, 5.41) is 2.89. The first kappa shape index (κ1) is 28.4. The molecule has 0 heteroatoms. The van der Waals surface area contributed by atoms with E-state index >= 15 is 0 Å². The molecule has 1 fully saturated rings. The Labute approximate surface area is 266 Å². The average molecular weight is 579 g/mol. The van der Waals surface area contributed by atoms with Crippen LogP contribution in [0.15, 0.2) is 66.7 Å². The first-order valence-electron chi connectivity index (χ1n) is 17.3. The van der Waals surface area contributed by atoms with Gasteiger partial charge in [0.15, 0.2) is 0 Å². The minimum atomic E-state index is -0.0766. The highest BCUT2D eigenvalue weighted by Gasteiger charge is 2.69. The second kappa shape index (κ2) is 8.78. The normalized spacial score (nSPS) is 26.8. The molecule has 4 aromatic rings. The number of rotatable bonds is 3. The lowest BCUT2D eigenvalue weighted by molar-refractivity contribution is -0.105. The fraction of sp³-hybridized carbons (Fsp3) is 0.455. The third-order valence-corrected chi connectivity index (χ3v) is 12.9. The maximum Gasteiger partial charge on any atom is 0.0288 e. The van der Waals surface area contributed by atoms with Gasteiger partial charge in [-0.15, -0.1) is 0 Å². The van der Waals surface area contributed by atoms with Gasteiger partial charge in [-0.3, -0.25) is 0 Å². The number of allylic oxidation sites excluding steroid dienone is 2. The third-order valence-electron chi connectivity index (χ3n) is 12.9. The second-order valence-corrected chi connectivity index (χ2v) is 16.9. The summed E-state index contributed by atoms with van der Waals surface area (Å²) in [6, 6.07) is 26.6. The predicted molar refractivity (Wildman–Crippen MR) is 189 cm³/mol. The molecule has 0 N–H and O–H groups in total. The fourth-order valence-electron chi connectivity index (χ4n) is 11.8. The molecule has 0 aromatic heterocycles. The molecular formula is C44H50. The van der Waals surface area contributed by atoms with Gasteiger partial charge in [0.05, 0.1) is 0 Å². The highest BCUT2D eigenvalue weighted by molar-refractivity contribution is 6.12. The molecule has 8 rings (SSSR count). The summed E-state index contributed by atoms with van der Waals surface area (Å²) in [7, 11) is 0. The smallest absolute Gasteiger partial charge is 0.0288 e. The molecule has 4 aromatic carbocycles. The minimum Gasteiger partial charge on any atom is -0.0625 e. The van der Waals surface area contributed by atoms with Crippen molar-refractivity contribution in [2.45, 2.75) is 92.4 Å². The van der Waals surface area contributed by atoms with E-state index in [0.29, 0.717) is 35.5 Å². The summed E-state index contributed by atoms with van der Waals surface area (Å²) in [5.74, 6) is 3.81. The summed E-state index contributed by atoms with van der Waals surface area (Å²) in [4.78, 5) is 0. The van der Waals surface area contributed by atoms with E-state index in [1.807, 2.05) is 0 Å². The largest absolute Gasteiger partial charge is 0.0625 e. The van der Waals surface area contributed by atoms with E-state index in [-0.39, 0.29) is 16.2 Å². The molecular weight excluding hydrogens is 528 g/mol. The van der Waals surface area contributed by atoms with E-state index in [1.165, 1.54) is 38.6 Å². The van der Waals surface area contributed by atoms with Gasteiger partial charge in [0, 0.05) is 16.2 Å². The lowest BCUT2D eigenvalue weighted by Crippen LogP contribution is -2.64. The van der Waals surface area contributed by atoms with Crippen molar-refractivity contribution in [3.05, 3.63) is 106 Å². The maximum absolute atomic E-state index is 2.63. The molecule has 0 saturated heterocycles. The van der Waals surface area contributed by atoms with Gasteiger partial charge in [0.1, 0.15) is 0 Å². The zero-order valence-electron chi connectivity index (χ0n) is 28.8. The van der Waals surface area contributed by atoms with Crippen LogP contribution >= 0.6 is 0 Å². The summed E-state index contributed by atoms with van der Waals surface area (Å²) in [6.07, 6.45) is 0. The Balaban J connectivity index is 1.51. The third kappa shape index (κ3) is 3.07. The van der Waals surface area contributed by atoms with E-state index in [2.05, 4.69) is 143 Å². The molecule has 0 amide bonds. The Morgan fingerprint density at radius 1 is 0.568 bits per heavy atom. The average Bonchev–Trinajstić information content (AvgIpc) is 3.48. The van der Waals surface area contributed by atoms with Crippen molar-refractivity contribution in [2.24, 2.45) is 35.5 Å². The number of fused-ring (bicyclic) bond motifs is 12. The summed E-state index contributed by atoms with van der Waals surface area (Å²) >= 11 is 0. The summed E-state index contributed by atoms with van der Waals surface area (Å²) < 4.78 is 0. The molecule has 4 aliphatic carbocycles. The molecule has 0 bridgehead atoms. The van der Waals surface area contributed by atoms with Crippen LogP contribution in [-0.4, -0.2) is 0 Å². The molecule has 0 radical (unpaired) electrons. The van der Waals surface area contributed by atoms with Crippen LogP contribution in [0.4, 0.5) is 0 Å². The first-order chi connectivity index (χ1) is 20.8. The Morgan fingerprint density at radius 3 is 1.86 bits per heavy atom. The van der Waals surface area contributed by atoms with Crippen LogP contribution in [0.3, 0.4) is 0 Å². The molecule has 1 spiro atoms. The summed E-state index contributed by atoms with van der Waals surface area (Å²) in [5.41, 5.74) is 16.8. The van der Waals surface area contributed by atoms with E-state index in [4.69, 9.17) is 0 Å². The van der Waals surface area contributed by atoms with E-state index in [1.54, 1.807) is 33.4 Å². The Hall–Kier alpha value is -3.12. The molecule has 1 saturated carbocycles. The molecule has 2 unspecified atom stereocenters. The highest BCUT2D eigenvalue weighted by atomic mass is 14.7. The van der Waals surface area contributed by atoms with E-state index in [9.17, 15) is 0 Å². The van der Waals surface area contributed by atoms with Crippen molar-refractivity contribution in [1.29, 1.82) is 0 Å². The molecule has 0 heterocycles. The fourth-order valence-corrected chi connectivity index (χ4v) is 11.8. The summed E-state index contributed by atoms with van der Waals surface area (Å²) in [6.45, 7) is 27.2. The van der Waals surface area contributed by atoms with Crippen molar-refractivity contribution in [2.75, 3.05) is 0 Å². The Kier molecular flexibility index (Phi) is 5.66. The van der Waals surface area contributed by atoms with Crippen LogP contribution in [0.1, 0.15) is 108 Å². The zero-order valence-corrected chi connectivity index (χ0v) is 28.8.